The summed E-state index contributed by atoms with van der Waals surface area (Å²) in [6, 6.07) is 9.66. The highest BCUT2D eigenvalue weighted by Gasteiger charge is 2.16. The number of hydrogen-bond donors (Lipinski definition) is 3. The number of carbonyl (C=O) groups is 2. The number of anilines is 2. The number of rotatable bonds is 2. The smallest absolute Gasteiger partial charge is 0.314 e. The van der Waals surface area contributed by atoms with Gasteiger partial charge in [0.1, 0.15) is 5.75 Å². The molecule has 0 spiro atoms. The van der Waals surface area contributed by atoms with Crippen LogP contribution >= 0.6 is 11.6 Å². The zero-order valence-corrected chi connectivity index (χ0v) is 12.9. The van der Waals surface area contributed by atoms with Crippen LogP contribution in [0.2, 0.25) is 5.02 Å². The number of aromatic hydroxyl groups is 1. The van der Waals surface area contributed by atoms with E-state index < -0.39 is 11.8 Å². The maximum absolute atomic E-state index is 11.9. The molecule has 2 amide bonds. The fourth-order valence-corrected chi connectivity index (χ4v) is 2.10. The van der Waals surface area contributed by atoms with Gasteiger partial charge in [-0.05, 0) is 55.3 Å². The minimum Gasteiger partial charge on any atom is -0.506 e. The number of amides is 2. The summed E-state index contributed by atoms with van der Waals surface area (Å²) in [7, 11) is 0. The Morgan fingerprint density at radius 1 is 0.955 bits per heavy atom. The molecule has 0 aromatic heterocycles. The fourth-order valence-electron chi connectivity index (χ4n) is 1.87. The predicted molar refractivity (Wildman–Crippen MR) is 86.3 cm³/mol. The first-order chi connectivity index (χ1) is 10.4. The molecule has 6 heteroatoms. The minimum atomic E-state index is -0.867. The number of phenols is 1. The van der Waals surface area contributed by atoms with Crippen molar-refractivity contribution < 1.29 is 14.7 Å². The third-order valence-electron chi connectivity index (χ3n) is 3.04. The Morgan fingerprint density at radius 2 is 1.55 bits per heavy atom. The molecule has 3 N–H and O–H groups in total. The van der Waals surface area contributed by atoms with E-state index in [0.717, 1.165) is 11.1 Å². The van der Waals surface area contributed by atoms with Crippen LogP contribution in [0.1, 0.15) is 11.1 Å². The summed E-state index contributed by atoms with van der Waals surface area (Å²) in [4.78, 5) is 23.8. The van der Waals surface area contributed by atoms with E-state index in [9.17, 15) is 14.7 Å². The zero-order valence-electron chi connectivity index (χ0n) is 12.1. The zero-order chi connectivity index (χ0) is 16.3. The van der Waals surface area contributed by atoms with Crippen molar-refractivity contribution in [3.63, 3.8) is 0 Å². The van der Waals surface area contributed by atoms with Crippen LogP contribution in [0.3, 0.4) is 0 Å². The van der Waals surface area contributed by atoms with Crippen LogP contribution in [0.5, 0.6) is 5.75 Å². The topological polar surface area (TPSA) is 78.4 Å². The van der Waals surface area contributed by atoms with E-state index in [0.29, 0.717) is 10.7 Å². The number of aryl methyl sites for hydroxylation is 2. The molecule has 114 valence electrons. The molecule has 2 aromatic carbocycles. The van der Waals surface area contributed by atoms with Gasteiger partial charge in [0.05, 0.1) is 5.69 Å². The highest BCUT2D eigenvalue weighted by molar-refractivity contribution is 6.43. The maximum Gasteiger partial charge on any atom is 0.314 e. The summed E-state index contributed by atoms with van der Waals surface area (Å²) in [5.41, 5.74) is 2.26. The van der Waals surface area contributed by atoms with Crippen molar-refractivity contribution in [2.45, 2.75) is 13.8 Å². The van der Waals surface area contributed by atoms with Crippen LogP contribution in [-0.2, 0) is 9.59 Å². The fraction of sp³-hybridized carbons (Fsp3) is 0.125. The quantitative estimate of drug-likeness (QED) is 0.587. The van der Waals surface area contributed by atoms with Crippen molar-refractivity contribution >= 4 is 34.8 Å². The summed E-state index contributed by atoms with van der Waals surface area (Å²) < 4.78 is 0. The minimum absolute atomic E-state index is 0.0937. The molecule has 0 unspecified atom stereocenters. The molecular formula is C16H15ClN2O3. The molecular weight excluding hydrogens is 304 g/mol. The second-order valence-electron chi connectivity index (χ2n) is 4.89. The summed E-state index contributed by atoms with van der Waals surface area (Å²) in [5, 5.41) is 15.1. The number of nitrogens with one attached hydrogen (secondary N) is 2. The molecule has 0 aliphatic heterocycles. The van der Waals surface area contributed by atoms with E-state index in [1.807, 2.05) is 0 Å². The van der Waals surface area contributed by atoms with Gasteiger partial charge >= 0.3 is 11.8 Å². The summed E-state index contributed by atoms with van der Waals surface area (Å²) in [6.45, 7) is 3.58. The molecule has 5 nitrogen and oxygen atoms in total. The summed E-state index contributed by atoms with van der Waals surface area (Å²) in [6.07, 6.45) is 0. The Morgan fingerprint density at radius 3 is 2.14 bits per heavy atom. The number of hydrogen-bond acceptors (Lipinski definition) is 3. The van der Waals surface area contributed by atoms with E-state index in [1.165, 1.54) is 12.1 Å². The molecule has 0 aliphatic rings. The van der Waals surface area contributed by atoms with Gasteiger partial charge in [0.2, 0.25) is 0 Å². The normalized spacial score (nSPS) is 10.1. The Balaban J connectivity index is 2.07. The van der Waals surface area contributed by atoms with Gasteiger partial charge in [-0.15, -0.1) is 0 Å². The SMILES string of the molecule is Cc1ccc(NC(=O)C(=O)Nc2ccc(Cl)cc2C)c(O)c1. The molecule has 0 fully saturated rings. The molecule has 2 aromatic rings. The van der Waals surface area contributed by atoms with Crippen molar-refractivity contribution in [2.75, 3.05) is 10.6 Å². The van der Waals surface area contributed by atoms with Crippen LogP contribution in [-0.4, -0.2) is 16.9 Å². The lowest BCUT2D eigenvalue weighted by Gasteiger charge is -2.10. The van der Waals surface area contributed by atoms with Crippen LogP contribution < -0.4 is 10.6 Å². The highest BCUT2D eigenvalue weighted by Crippen LogP contribution is 2.24. The summed E-state index contributed by atoms with van der Waals surface area (Å²) in [5.74, 6) is -1.79. The maximum atomic E-state index is 11.9. The van der Waals surface area contributed by atoms with Crippen molar-refractivity contribution in [3.05, 3.63) is 52.5 Å². The average molecular weight is 319 g/mol. The molecule has 2 rings (SSSR count). The first-order valence-electron chi connectivity index (χ1n) is 6.55. The molecule has 0 heterocycles. The van der Waals surface area contributed by atoms with Crippen molar-refractivity contribution in [1.29, 1.82) is 0 Å². The van der Waals surface area contributed by atoms with Gasteiger partial charge < -0.3 is 15.7 Å². The lowest BCUT2D eigenvalue weighted by Crippen LogP contribution is -2.29. The van der Waals surface area contributed by atoms with Gasteiger partial charge in [-0.2, -0.15) is 0 Å². The molecule has 0 radical (unpaired) electrons. The van der Waals surface area contributed by atoms with E-state index in [-0.39, 0.29) is 11.4 Å². The molecule has 0 bridgehead atoms. The second kappa shape index (κ2) is 6.49. The van der Waals surface area contributed by atoms with Crippen molar-refractivity contribution in [3.8, 4) is 5.75 Å². The molecule has 0 saturated heterocycles. The molecule has 22 heavy (non-hydrogen) atoms. The van der Waals surface area contributed by atoms with Gasteiger partial charge in [0, 0.05) is 10.7 Å². The Bertz CT molecular complexity index is 681. The number of phenolic OH excluding ortho intramolecular Hbond substituents is 1. The first-order valence-corrected chi connectivity index (χ1v) is 6.92. The summed E-state index contributed by atoms with van der Waals surface area (Å²) >= 11 is 5.83. The van der Waals surface area contributed by atoms with Gasteiger partial charge in [-0.3, -0.25) is 9.59 Å². The van der Waals surface area contributed by atoms with Gasteiger partial charge in [-0.25, -0.2) is 0 Å². The van der Waals surface area contributed by atoms with E-state index in [4.69, 9.17) is 11.6 Å². The largest absolute Gasteiger partial charge is 0.506 e. The monoisotopic (exact) mass is 318 g/mol. The van der Waals surface area contributed by atoms with Gasteiger partial charge in [-0.1, -0.05) is 17.7 Å². The molecule has 0 saturated carbocycles. The third-order valence-corrected chi connectivity index (χ3v) is 3.28. The Hall–Kier alpha value is -2.53. The van der Waals surface area contributed by atoms with Crippen LogP contribution in [0.25, 0.3) is 0 Å². The number of benzene rings is 2. The van der Waals surface area contributed by atoms with E-state index in [1.54, 1.807) is 38.1 Å². The van der Waals surface area contributed by atoms with E-state index in [2.05, 4.69) is 10.6 Å². The second-order valence-corrected chi connectivity index (χ2v) is 5.32. The van der Waals surface area contributed by atoms with Gasteiger partial charge in [0.25, 0.3) is 0 Å². The third kappa shape index (κ3) is 3.77. The molecule has 0 aliphatic carbocycles. The van der Waals surface area contributed by atoms with Crippen LogP contribution in [0, 0.1) is 13.8 Å². The van der Waals surface area contributed by atoms with E-state index >= 15 is 0 Å². The Kier molecular flexibility index (Phi) is 4.68. The lowest BCUT2D eigenvalue weighted by atomic mass is 10.2. The van der Waals surface area contributed by atoms with Crippen LogP contribution in [0.4, 0.5) is 11.4 Å². The standard InChI is InChI=1S/C16H15ClN2O3/c1-9-3-5-13(14(20)7-9)19-16(22)15(21)18-12-6-4-11(17)8-10(12)2/h3-8,20H,1-2H3,(H,18,21)(H,19,22). The number of carbonyl (C=O) groups excluding carboxylic acids is 2. The van der Waals surface area contributed by atoms with Crippen molar-refractivity contribution in [2.24, 2.45) is 0 Å². The Labute approximate surface area is 132 Å². The lowest BCUT2D eigenvalue weighted by molar-refractivity contribution is -0.133. The predicted octanol–water partition coefficient (Wildman–Crippen LogP) is 3.24. The van der Waals surface area contributed by atoms with Crippen LogP contribution in [0.15, 0.2) is 36.4 Å². The average Bonchev–Trinajstić information content (AvgIpc) is 2.44. The number of halogens is 1. The van der Waals surface area contributed by atoms with Gasteiger partial charge in [0.15, 0.2) is 0 Å². The first kappa shape index (κ1) is 15.9. The van der Waals surface area contributed by atoms with Crippen molar-refractivity contribution in [1.82, 2.24) is 0 Å². The highest BCUT2D eigenvalue weighted by atomic mass is 35.5. The molecule has 0 atom stereocenters.